The van der Waals surface area contributed by atoms with E-state index in [1.165, 1.54) is 0 Å². The molecule has 5 atom stereocenters. The summed E-state index contributed by atoms with van der Waals surface area (Å²) in [5, 5.41) is 22.3. The Balaban J connectivity index is 0. The molecule has 0 aromatic rings. The number of thiol groups is 2. The number of hydrazine groups is 2. The van der Waals surface area contributed by atoms with Crippen LogP contribution in [-0.2, 0) is 29.4 Å². The molecule has 0 aromatic heterocycles. The second kappa shape index (κ2) is 23.2. The van der Waals surface area contributed by atoms with Crippen LogP contribution in [0.15, 0.2) is 0 Å². The van der Waals surface area contributed by atoms with E-state index in [2.05, 4.69) is 65.8 Å². The molecule has 0 saturated carbocycles. The number of hydrogen-bond acceptors (Lipinski definition) is 11. The highest BCUT2D eigenvalue weighted by Gasteiger charge is 2.55. The molecular formula is C30H59N6O6PS3. The SMILES string of the molecule is CCC(C)(CC(C)(C(=O)S(=P)NNC(=O)OC(C)(C)C)C(C)(C#N)CCC(=O)CCCS)C(=O)NCC(C)O.CCNNCCS. The molecule has 16 heteroatoms. The smallest absolute Gasteiger partial charge is 0.422 e. The van der Waals surface area contributed by atoms with Gasteiger partial charge in [-0.1, -0.05) is 35.7 Å². The summed E-state index contributed by atoms with van der Waals surface area (Å²) in [4.78, 5) is 54.6. The quantitative estimate of drug-likeness (QED) is 0.0395. The lowest BCUT2D eigenvalue weighted by Crippen LogP contribution is -2.54. The molecule has 2 amide bonds. The third-order valence-electron chi connectivity index (χ3n) is 7.44. The van der Waals surface area contributed by atoms with E-state index in [4.69, 9.17) is 4.74 Å². The fourth-order valence-electron chi connectivity index (χ4n) is 4.28. The minimum absolute atomic E-state index is 0.0159. The van der Waals surface area contributed by atoms with Crippen molar-refractivity contribution in [2.24, 2.45) is 16.2 Å². The molecule has 0 aliphatic rings. The van der Waals surface area contributed by atoms with Crippen LogP contribution in [0.25, 0.3) is 0 Å². The van der Waals surface area contributed by atoms with E-state index in [9.17, 15) is 29.5 Å². The van der Waals surface area contributed by atoms with Crippen molar-refractivity contribution in [1.82, 2.24) is 26.4 Å². The molecule has 12 nitrogen and oxygen atoms in total. The van der Waals surface area contributed by atoms with Crippen LogP contribution < -0.4 is 26.4 Å². The number of carbonyl (C=O) groups excluding carboxylic acids is 4. The van der Waals surface area contributed by atoms with Crippen molar-refractivity contribution in [1.29, 1.82) is 5.26 Å². The van der Waals surface area contributed by atoms with Crippen molar-refractivity contribution >= 4 is 66.4 Å². The summed E-state index contributed by atoms with van der Waals surface area (Å²) in [5.74, 6) is 1.06. The Bertz CT molecular complexity index is 1040. The molecule has 0 heterocycles. The van der Waals surface area contributed by atoms with E-state index in [-0.39, 0.29) is 37.5 Å². The van der Waals surface area contributed by atoms with Crippen LogP contribution in [0.4, 0.5) is 4.79 Å². The molecule has 0 rings (SSSR count). The normalized spacial score (nSPS) is 16.5. The molecule has 46 heavy (non-hydrogen) atoms. The average molecular weight is 727 g/mol. The number of hydrogen-bond donors (Lipinski definition) is 8. The highest BCUT2D eigenvalue weighted by Crippen LogP contribution is 2.51. The maximum Gasteiger partial charge on any atom is 0.422 e. The maximum atomic E-state index is 14.1. The fourth-order valence-corrected chi connectivity index (χ4v) is 6.40. The first kappa shape index (κ1) is 46.9. The van der Waals surface area contributed by atoms with Crippen LogP contribution in [0.2, 0.25) is 0 Å². The third-order valence-corrected chi connectivity index (χ3v) is 9.97. The summed E-state index contributed by atoms with van der Waals surface area (Å²) in [7, 11) is 1.91. The Morgan fingerprint density at radius 1 is 1.02 bits per heavy atom. The van der Waals surface area contributed by atoms with E-state index in [0.717, 1.165) is 18.8 Å². The zero-order valence-corrected chi connectivity index (χ0v) is 32.7. The first-order valence-corrected chi connectivity index (χ1v) is 19.2. The number of ether oxygens (including phenoxy) is 1. The number of amides is 2. The molecule has 0 radical (unpaired) electrons. The van der Waals surface area contributed by atoms with Gasteiger partial charge in [-0.3, -0.25) is 25.2 Å². The van der Waals surface area contributed by atoms with Gasteiger partial charge in [-0.2, -0.15) is 35.4 Å². The van der Waals surface area contributed by atoms with Gasteiger partial charge in [0.1, 0.15) is 11.4 Å². The predicted octanol–water partition coefficient (Wildman–Crippen LogP) is 4.06. The first-order chi connectivity index (χ1) is 21.2. The topological polar surface area (TPSA) is 182 Å². The third kappa shape index (κ3) is 17.8. The summed E-state index contributed by atoms with van der Waals surface area (Å²) >= 11 is 8.14. The number of ketones is 1. The Hall–Kier alpha value is -1.24. The summed E-state index contributed by atoms with van der Waals surface area (Å²) < 4.78 is 5.21. The first-order valence-electron chi connectivity index (χ1n) is 15.5. The average Bonchev–Trinajstić information content (AvgIpc) is 2.99. The summed E-state index contributed by atoms with van der Waals surface area (Å²) in [6, 6.07) is 2.28. The van der Waals surface area contributed by atoms with Gasteiger partial charge < -0.3 is 15.2 Å². The van der Waals surface area contributed by atoms with Crippen LogP contribution in [0, 0.1) is 27.6 Å². The molecule has 0 bridgehead atoms. The molecule has 0 aliphatic heterocycles. The summed E-state index contributed by atoms with van der Waals surface area (Å²) in [5.41, 5.74) is 3.64. The number of nitrogens with zero attached hydrogens (tertiary/aromatic N) is 1. The van der Waals surface area contributed by atoms with Crippen molar-refractivity contribution in [2.45, 2.75) is 113 Å². The Kier molecular flexibility index (Phi) is 23.6. The Morgan fingerprint density at radius 2 is 1.63 bits per heavy atom. The molecule has 268 valence electrons. The Morgan fingerprint density at radius 3 is 2.09 bits per heavy atom. The summed E-state index contributed by atoms with van der Waals surface area (Å²) in [6.07, 6.45) is -0.0711. The van der Waals surface area contributed by atoms with E-state index in [1.54, 1.807) is 48.5 Å². The lowest BCUT2D eigenvalue weighted by Gasteiger charge is -2.45. The molecule has 0 saturated heterocycles. The van der Waals surface area contributed by atoms with Gasteiger partial charge in [-0.15, -0.1) is 0 Å². The van der Waals surface area contributed by atoms with Gasteiger partial charge in [0.15, 0.2) is 0 Å². The van der Waals surface area contributed by atoms with Crippen molar-refractivity contribution in [3.63, 3.8) is 0 Å². The highest BCUT2D eigenvalue weighted by molar-refractivity contribution is 8.25. The Labute approximate surface area is 292 Å². The van der Waals surface area contributed by atoms with Crippen molar-refractivity contribution in [2.75, 3.05) is 31.1 Å². The molecule has 6 N–H and O–H groups in total. The van der Waals surface area contributed by atoms with Gasteiger partial charge in [0.05, 0.1) is 23.0 Å². The monoisotopic (exact) mass is 726 g/mol. The number of carbonyl (C=O) groups is 4. The highest BCUT2D eigenvalue weighted by atomic mass is 32.5. The van der Waals surface area contributed by atoms with Crippen LogP contribution in [0.3, 0.4) is 0 Å². The van der Waals surface area contributed by atoms with Gasteiger partial charge >= 0.3 is 6.09 Å². The van der Waals surface area contributed by atoms with Crippen LogP contribution in [0.1, 0.15) is 101 Å². The zero-order chi connectivity index (χ0) is 36.2. The maximum absolute atomic E-state index is 14.1. The molecule has 0 aliphatic carbocycles. The number of Topliss-reactive ketones (excluding diaryl/α,β-unsaturated/α-hetero) is 1. The van der Waals surface area contributed by atoms with Gasteiger partial charge in [0, 0.05) is 43.6 Å². The molecule has 0 aromatic carbocycles. The molecular weight excluding hydrogens is 668 g/mol. The zero-order valence-electron chi connectivity index (χ0n) is 29.1. The minimum Gasteiger partial charge on any atom is -0.443 e. The molecule has 0 fully saturated rings. The van der Waals surface area contributed by atoms with E-state index in [1.807, 2.05) is 13.8 Å². The van der Waals surface area contributed by atoms with E-state index >= 15 is 0 Å². The lowest BCUT2D eigenvalue weighted by molar-refractivity contribution is -0.138. The fraction of sp³-hybridized carbons (Fsp3) is 0.833. The minimum atomic E-state index is -1.47. The number of nitrogens with one attached hydrogen (secondary N) is 5. The predicted molar refractivity (Wildman–Crippen MR) is 196 cm³/mol. The van der Waals surface area contributed by atoms with Crippen LogP contribution in [0.5, 0.6) is 0 Å². The number of nitriles is 1. The number of aliphatic hydroxyl groups excluding tert-OH is 1. The van der Waals surface area contributed by atoms with Crippen molar-refractivity contribution < 1.29 is 29.0 Å². The van der Waals surface area contributed by atoms with Crippen LogP contribution in [-0.4, -0.2) is 70.9 Å². The summed E-state index contributed by atoms with van der Waals surface area (Å²) in [6.45, 7) is 17.4. The number of aliphatic hydroxyl groups is 1. The second-order valence-corrected chi connectivity index (χ2v) is 16.1. The second-order valence-electron chi connectivity index (χ2n) is 12.8. The van der Waals surface area contributed by atoms with E-state index < -0.39 is 49.4 Å². The standard InChI is InChI=1S/C26H47N4O6PS2.C4H12N2S/c1-9-24(6,20(33)28-15-18(2)31)16-26(8,25(7,17-27)13-12-19(32)11-10-14-38)21(34)39(37)30-29-22(35)36-23(3,4)5;1-2-5-6-3-4-7/h18,30-31,37-38H,9-16H2,1-8H3,(H,28,33)(H,29,35);5-7H,2-4H2,1H3. The van der Waals surface area contributed by atoms with Gasteiger partial charge in [-0.05, 0) is 76.3 Å². The van der Waals surface area contributed by atoms with Crippen molar-refractivity contribution in [3.8, 4) is 6.07 Å². The molecule has 5 unspecified atom stereocenters. The van der Waals surface area contributed by atoms with Gasteiger partial charge in [-0.25, -0.2) is 10.2 Å². The van der Waals surface area contributed by atoms with Gasteiger partial charge in [0.25, 0.3) is 0 Å². The van der Waals surface area contributed by atoms with Crippen LogP contribution >= 0.6 is 33.3 Å². The van der Waals surface area contributed by atoms with Crippen molar-refractivity contribution in [3.05, 3.63) is 0 Å². The lowest BCUT2D eigenvalue weighted by atomic mass is 9.57. The molecule has 0 spiro atoms. The number of rotatable bonds is 20. The van der Waals surface area contributed by atoms with Gasteiger partial charge in [0.2, 0.25) is 11.0 Å². The van der Waals surface area contributed by atoms with E-state index in [0.29, 0.717) is 25.0 Å². The largest absolute Gasteiger partial charge is 0.443 e.